The van der Waals surface area contributed by atoms with Crippen LogP contribution in [0, 0.1) is 9.39 Å². The molecule has 1 aromatic carbocycles. The Hall–Kier alpha value is -1.18. The first-order valence-electron chi connectivity index (χ1n) is 5.66. The normalized spacial score (nSPS) is 13.5. The molecule has 1 rings (SSSR count). The van der Waals surface area contributed by atoms with Gasteiger partial charge < -0.3 is 0 Å². The molecule has 0 aliphatic carbocycles. The summed E-state index contributed by atoms with van der Waals surface area (Å²) in [5.41, 5.74) is -0.592. The third-order valence-electron chi connectivity index (χ3n) is 2.95. The summed E-state index contributed by atoms with van der Waals surface area (Å²) in [6.07, 6.45) is 0.382. The summed E-state index contributed by atoms with van der Waals surface area (Å²) in [7, 11) is 0. The minimum absolute atomic E-state index is 0.382. The highest BCUT2D eigenvalue weighted by atomic mass is 127. The Morgan fingerprint density at radius 2 is 2.00 bits per heavy atom. The summed E-state index contributed by atoms with van der Waals surface area (Å²) >= 11 is 1.86. The van der Waals surface area contributed by atoms with Gasteiger partial charge in [-0.3, -0.25) is 0 Å². The summed E-state index contributed by atoms with van der Waals surface area (Å²) in [6, 6.07) is 4.53. The molecule has 6 heteroatoms. The summed E-state index contributed by atoms with van der Waals surface area (Å²) < 4.78 is 14.0. The molecule has 4 nitrogen and oxygen atoms in total. The lowest BCUT2D eigenvalue weighted by Crippen LogP contribution is -2.34. The van der Waals surface area contributed by atoms with Crippen LogP contribution in [0.2, 0.25) is 0 Å². The van der Waals surface area contributed by atoms with Crippen molar-refractivity contribution >= 4 is 34.5 Å². The van der Waals surface area contributed by atoms with E-state index in [9.17, 15) is 14.0 Å². The van der Waals surface area contributed by atoms with Crippen molar-refractivity contribution in [3.8, 4) is 0 Å². The molecular formula is C13H14FIO4. The van der Waals surface area contributed by atoms with Crippen LogP contribution in [0.3, 0.4) is 0 Å². The Labute approximate surface area is 124 Å². The quantitative estimate of drug-likeness (QED) is 0.460. The molecule has 19 heavy (non-hydrogen) atoms. The van der Waals surface area contributed by atoms with Gasteiger partial charge in [0.1, 0.15) is 5.82 Å². The first-order valence-corrected chi connectivity index (χ1v) is 6.74. The maximum absolute atomic E-state index is 13.6. The Balaban J connectivity index is 3.04. The van der Waals surface area contributed by atoms with Crippen molar-refractivity contribution in [2.24, 2.45) is 0 Å². The van der Waals surface area contributed by atoms with E-state index in [1.165, 1.54) is 6.07 Å². The highest BCUT2D eigenvalue weighted by molar-refractivity contribution is 14.1. The van der Waals surface area contributed by atoms with Gasteiger partial charge in [0.2, 0.25) is 0 Å². The minimum Gasteiger partial charge on any atom is -0.248 e. The van der Waals surface area contributed by atoms with Crippen molar-refractivity contribution in [3.63, 3.8) is 0 Å². The number of carbonyl (C=O) groups is 2. The Kier molecular flexibility index (Phi) is 5.28. The van der Waals surface area contributed by atoms with Crippen molar-refractivity contribution in [1.29, 1.82) is 0 Å². The Morgan fingerprint density at radius 1 is 1.37 bits per heavy atom. The van der Waals surface area contributed by atoms with Gasteiger partial charge in [-0.15, -0.1) is 0 Å². The van der Waals surface area contributed by atoms with Gasteiger partial charge in [-0.25, -0.2) is 23.8 Å². The van der Waals surface area contributed by atoms with Crippen LogP contribution in [-0.4, -0.2) is 11.9 Å². The maximum atomic E-state index is 13.6. The molecule has 0 saturated heterocycles. The number of rotatable bonds is 3. The first kappa shape index (κ1) is 15.9. The van der Waals surface area contributed by atoms with Gasteiger partial charge in [0.05, 0.1) is 5.41 Å². The molecule has 0 heterocycles. The van der Waals surface area contributed by atoms with E-state index in [0.717, 1.165) is 6.92 Å². The van der Waals surface area contributed by atoms with Crippen LogP contribution in [0.5, 0.6) is 0 Å². The first-order chi connectivity index (χ1) is 8.81. The van der Waals surface area contributed by atoms with E-state index in [1.54, 1.807) is 26.0 Å². The molecule has 1 aromatic rings. The predicted molar refractivity (Wildman–Crippen MR) is 74.6 cm³/mol. The lowest BCUT2D eigenvalue weighted by atomic mass is 9.80. The number of carbonyl (C=O) groups excluding carboxylic acids is 2. The van der Waals surface area contributed by atoms with Gasteiger partial charge in [0.15, 0.2) is 0 Å². The van der Waals surface area contributed by atoms with Crippen molar-refractivity contribution in [2.75, 3.05) is 0 Å². The van der Waals surface area contributed by atoms with E-state index in [-0.39, 0.29) is 0 Å². The molecule has 0 saturated carbocycles. The van der Waals surface area contributed by atoms with Crippen LogP contribution in [-0.2, 0) is 24.8 Å². The molecule has 0 N–H and O–H groups in total. The topological polar surface area (TPSA) is 52.6 Å². The second-order valence-electron chi connectivity index (χ2n) is 4.26. The zero-order valence-electron chi connectivity index (χ0n) is 10.8. The summed E-state index contributed by atoms with van der Waals surface area (Å²) in [5.74, 6) is -1.86. The second-order valence-corrected chi connectivity index (χ2v) is 5.42. The SMILES string of the molecule is CCC(C)(C(=O)OOC(C)=O)c1ccc(I)c(F)c1. The monoisotopic (exact) mass is 380 g/mol. The summed E-state index contributed by atoms with van der Waals surface area (Å²) in [6.45, 7) is 4.51. The predicted octanol–water partition coefficient (Wildman–Crippen LogP) is 3.12. The maximum Gasteiger partial charge on any atom is 0.365 e. The molecule has 0 amide bonds. The van der Waals surface area contributed by atoms with Gasteiger partial charge in [-0.1, -0.05) is 13.0 Å². The lowest BCUT2D eigenvalue weighted by Gasteiger charge is -2.25. The van der Waals surface area contributed by atoms with Gasteiger partial charge >= 0.3 is 11.9 Å². The molecule has 0 aromatic heterocycles. The molecule has 104 valence electrons. The Bertz CT molecular complexity index is 503. The van der Waals surface area contributed by atoms with Crippen molar-refractivity contribution in [1.82, 2.24) is 0 Å². The molecule has 0 bridgehead atoms. The zero-order chi connectivity index (χ0) is 14.6. The standard InChI is InChI=1S/C13H14FIO4/c1-4-13(3,12(17)19-18-8(2)16)9-5-6-11(15)10(14)7-9/h5-7H,4H2,1-3H3. The fourth-order valence-electron chi connectivity index (χ4n) is 1.49. The third kappa shape index (κ3) is 3.65. The van der Waals surface area contributed by atoms with Crippen LogP contribution in [0.15, 0.2) is 18.2 Å². The third-order valence-corrected chi connectivity index (χ3v) is 3.82. The number of halogens is 2. The fourth-order valence-corrected chi connectivity index (χ4v) is 1.83. The summed E-state index contributed by atoms with van der Waals surface area (Å²) in [4.78, 5) is 31.3. The molecule has 0 radical (unpaired) electrons. The van der Waals surface area contributed by atoms with Crippen LogP contribution in [0.1, 0.15) is 32.8 Å². The lowest BCUT2D eigenvalue weighted by molar-refractivity contribution is -0.261. The van der Waals surface area contributed by atoms with E-state index in [1.807, 2.05) is 22.6 Å². The molecule has 0 spiro atoms. The largest absolute Gasteiger partial charge is 0.365 e. The average molecular weight is 380 g/mol. The average Bonchev–Trinajstić information content (AvgIpc) is 2.38. The van der Waals surface area contributed by atoms with Crippen LogP contribution < -0.4 is 0 Å². The fraction of sp³-hybridized carbons (Fsp3) is 0.385. The molecular weight excluding hydrogens is 366 g/mol. The zero-order valence-corrected chi connectivity index (χ0v) is 13.0. The van der Waals surface area contributed by atoms with E-state index in [2.05, 4.69) is 9.78 Å². The van der Waals surface area contributed by atoms with Gasteiger partial charge in [0.25, 0.3) is 0 Å². The van der Waals surface area contributed by atoms with E-state index >= 15 is 0 Å². The van der Waals surface area contributed by atoms with E-state index in [4.69, 9.17) is 0 Å². The molecule has 1 unspecified atom stereocenters. The number of hydrogen-bond donors (Lipinski definition) is 0. The van der Waals surface area contributed by atoms with Crippen molar-refractivity contribution in [2.45, 2.75) is 32.6 Å². The second kappa shape index (κ2) is 6.31. The van der Waals surface area contributed by atoms with Gasteiger partial charge in [0, 0.05) is 10.5 Å². The van der Waals surface area contributed by atoms with Crippen molar-refractivity contribution in [3.05, 3.63) is 33.1 Å². The Morgan fingerprint density at radius 3 is 2.47 bits per heavy atom. The van der Waals surface area contributed by atoms with Gasteiger partial charge in [-0.05, 0) is 53.6 Å². The molecule has 0 fully saturated rings. The van der Waals surface area contributed by atoms with E-state index in [0.29, 0.717) is 15.6 Å². The molecule has 1 atom stereocenters. The summed E-state index contributed by atoms with van der Waals surface area (Å²) in [5, 5.41) is 0. The minimum atomic E-state index is -1.07. The van der Waals surface area contributed by atoms with Gasteiger partial charge in [-0.2, -0.15) is 0 Å². The smallest absolute Gasteiger partial charge is 0.248 e. The van der Waals surface area contributed by atoms with E-state index < -0.39 is 23.2 Å². The highest BCUT2D eigenvalue weighted by Crippen LogP contribution is 2.30. The van der Waals surface area contributed by atoms with Crippen molar-refractivity contribution < 1.29 is 23.8 Å². The number of benzene rings is 1. The molecule has 0 aliphatic heterocycles. The highest BCUT2D eigenvalue weighted by Gasteiger charge is 2.37. The molecule has 0 aliphatic rings. The van der Waals surface area contributed by atoms with Crippen LogP contribution >= 0.6 is 22.6 Å². The van der Waals surface area contributed by atoms with Crippen LogP contribution in [0.4, 0.5) is 4.39 Å². The number of hydrogen-bond acceptors (Lipinski definition) is 4. The van der Waals surface area contributed by atoms with Crippen LogP contribution in [0.25, 0.3) is 0 Å².